The zero-order chi connectivity index (χ0) is 31.7. The number of likely N-dealkylation sites (N-methyl/N-ethyl adjacent to an activating group) is 1. The lowest BCUT2D eigenvalue weighted by Gasteiger charge is -2.25. The molecule has 1 unspecified atom stereocenters. The van der Waals surface area contributed by atoms with E-state index >= 15 is 0 Å². The largest absolute Gasteiger partial charge is 0.472 e. The first-order valence-electron chi connectivity index (χ1n) is 16.7. The molecule has 0 aliphatic carbocycles. The van der Waals surface area contributed by atoms with Gasteiger partial charge in [-0.15, -0.1) is 0 Å². The first-order chi connectivity index (χ1) is 19.9. The smallest absolute Gasteiger partial charge is 0.462 e. The number of hydrogen-bond donors (Lipinski definition) is 1. The van der Waals surface area contributed by atoms with E-state index in [9.17, 15) is 19.0 Å². The minimum Gasteiger partial charge on any atom is -0.462 e. The molecule has 0 heterocycles. The van der Waals surface area contributed by atoms with Crippen LogP contribution >= 0.6 is 7.82 Å². The van der Waals surface area contributed by atoms with Gasteiger partial charge in [0, 0.05) is 6.42 Å². The summed E-state index contributed by atoms with van der Waals surface area (Å²) in [5.41, 5.74) is 0. The molecule has 0 aromatic carbocycles. The van der Waals surface area contributed by atoms with Crippen LogP contribution in [0.2, 0.25) is 0 Å². The minimum atomic E-state index is -4.36. The van der Waals surface area contributed by atoms with Crippen LogP contribution in [0.15, 0.2) is 0 Å². The van der Waals surface area contributed by atoms with E-state index in [2.05, 4.69) is 6.92 Å². The second-order valence-electron chi connectivity index (χ2n) is 12.6. The highest BCUT2D eigenvalue weighted by molar-refractivity contribution is 7.47. The molecule has 0 amide bonds. The summed E-state index contributed by atoms with van der Waals surface area (Å²) in [6.45, 7) is 6.17. The van der Waals surface area contributed by atoms with Gasteiger partial charge in [-0.2, -0.15) is 0 Å². The zero-order valence-electron chi connectivity index (χ0n) is 27.9. The summed E-state index contributed by atoms with van der Waals surface area (Å²) in [7, 11) is 1.47. The number of quaternary nitrogens is 1. The van der Waals surface area contributed by atoms with E-state index in [1.54, 1.807) is 0 Å². The lowest BCUT2D eigenvalue weighted by Crippen LogP contribution is -2.37. The molecule has 0 saturated carbocycles. The van der Waals surface area contributed by atoms with E-state index in [1.165, 1.54) is 64.2 Å². The van der Waals surface area contributed by atoms with Gasteiger partial charge in [-0.3, -0.25) is 18.6 Å². The molecule has 0 aliphatic rings. The lowest BCUT2D eigenvalue weighted by molar-refractivity contribution is -0.870. The standard InChI is InChI=1S/C32H64NO8P/c1-7-10-11-12-13-14-15-16-17-18-19-20-21-24-31(34)38-27-30(41-32(35)29(22-8-2)23-9-3)28-40-42(36,37)39-26-25-33(4,5)6/h29-30H,7-28H2,1-6H3/p+1/t30-/m1/s1. The number of carbonyl (C=O) groups is 2. The molecule has 0 rings (SSSR count). The maximum Gasteiger partial charge on any atom is 0.472 e. The van der Waals surface area contributed by atoms with E-state index in [0.717, 1.165) is 32.1 Å². The van der Waals surface area contributed by atoms with Crippen LogP contribution in [0.5, 0.6) is 0 Å². The Morgan fingerprint density at radius 1 is 0.714 bits per heavy atom. The third-order valence-electron chi connectivity index (χ3n) is 7.25. The van der Waals surface area contributed by atoms with Crippen LogP contribution in [0.4, 0.5) is 0 Å². The summed E-state index contributed by atoms with van der Waals surface area (Å²) in [4.78, 5) is 35.3. The second-order valence-corrected chi connectivity index (χ2v) is 14.1. The predicted octanol–water partition coefficient (Wildman–Crippen LogP) is 7.98. The molecule has 250 valence electrons. The molecule has 42 heavy (non-hydrogen) atoms. The summed E-state index contributed by atoms with van der Waals surface area (Å²) < 4.78 is 34.1. The van der Waals surface area contributed by atoms with Gasteiger partial charge in [-0.05, 0) is 19.3 Å². The Labute approximate surface area is 257 Å². The molecule has 9 nitrogen and oxygen atoms in total. The average Bonchev–Trinajstić information content (AvgIpc) is 2.91. The van der Waals surface area contributed by atoms with Crippen molar-refractivity contribution in [2.45, 2.75) is 142 Å². The summed E-state index contributed by atoms with van der Waals surface area (Å²) in [6.07, 6.45) is 18.3. The number of hydrogen-bond acceptors (Lipinski definition) is 7. The van der Waals surface area contributed by atoms with Crippen LogP contribution in [-0.4, -0.2) is 74.9 Å². The van der Waals surface area contributed by atoms with Crippen molar-refractivity contribution in [3.8, 4) is 0 Å². The Morgan fingerprint density at radius 3 is 1.69 bits per heavy atom. The van der Waals surface area contributed by atoms with Gasteiger partial charge in [0.05, 0.1) is 33.7 Å². The summed E-state index contributed by atoms with van der Waals surface area (Å²) in [5.74, 6) is -1.05. The van der Waals surface area contributed by atoms with E-state index in [-0.39, 0.29) is 25.1 Å². The van der Waals surface area contributed by atoms with Crippen LogP contribution in [-0.2, 0) is 32.7 Å². The molecule has 0 aliphatic heterocycles. The van der Waals surface area contributed by atoms with Crippen molar-refractivity contribution in [2.24, 2.45) is 5.92 Å². The molecule has 0 aromatic rings. The SMILES string of the molecule is CCCCCCCCCCCCCCCC(=O)OC[C@H](COP(=O)(O)OCC[N+](C)(C)C)OC(=O)C(CCC)CCC. The Bertz CT molecular complexity index is 722. The van der Waals surface area contributed by atoms with Crippen molar-refractivity contribution >= 4 is 19.8 Å². The first kappa shape index (κ1) is 41.0. The lowest BCUT2D eigenvalue weighted by atomic mass is 9.98. The maximum atomic E-state index is 12.8. The number of ether oxygens (including phenoxy) is 2. The molecule has 0 fully saturated rings. The summed E-state index contributed by atoms with van der Waals surface area (Å²) in [6, 6.07) is 0. The molecule has 0 saturated heterocycles. The van der Waals surface area contributed by atoms with Crippen molar-refractivity contribution in [1.82, 2.24) is 0 Å². The monoisotopic (exact) mass is 622 g/mol. The third kappa shape index (κ3) is 25.5. The van der Waals surface area contributed by atoms with Crippen molar-refractivity contribution in [2.75, 3.05) is 47.5 Å². The van der Waals surface area contributed by atoms with Crippen molar-refractivity contribution in [1.29, 1.82) is 0 Å². The second kappa shape index (κ2) is 25.3. The normalized spacial score (nSPS) is 14.1. The van der Waals surface area contributed by atoms with Crippen molar-refractivity contribution < 1.29 is 42.1 Å². The van der Waals surface area contributed by atoms with E-state index < -0.39 is 26.5 Å². The number of phosphoric acid groups is 1. The van der Waals surface area contributed by atoms with Crippen LogP contribution in [0.3, 0.4) is 0 Å². The van der Waals surface area contributed by atoms with Crippen LogP contribution < -0.4 is 0 Å². The minimum absolute atomic E-state index is 0.0327. The molecular weight excluding hydrogens is 557 g/mol. The van der Waals surface area contributed by atoms with Crippen molar-refractivity contribution in [3.63, 3.8) is 0 Å². The van der Waals surface area contributed by atoms with E-state index in [1.807, 2.05) is 35.0 Å². The van der Waals surface area contributed by atoms with Gasteiger partial charge in [-0.1, -0.05) is 111 Å². The first-order valence-corrected chi connectivity index (χ1v) is 18.2. The van der Waals surface area contributed by atoms with Gasteiger partial charge in [0.15, 0.2) is 6.10 Å². The quantitative estimate of drug-likeness (QED) is 0.0387. The molecule has 2 atom stereocenters. The fourth-order valence-electron chi connectivity index (χ4n) is 4.64. The molecule has 0 aromatic heterocycles. The van der Waals surface area contributed by atoms with Gasteiger partial charge in [-0.25, -0.2) is 4.57 Å². The Kier molecular flexibility index (Phi) is 24.8. The highest BCUT2D eigenvalue weighted by atomic mass is 31.2. The average molecular weight is 623 g/mol. The molecule has 0 spiro atoms. The molecule has 0 bridgehead atoms. The van der Waals surface area contributed by atoms with Crippen LogP contribution in [0.1, 0.15) is 136 Å². The number of phosphoric ester groups is 1. The number of esters is 2. The molecule has 0 radical (unpaired) electrons. The van der Waals surface area contributed by atoms with E-state index in [4.69, 9.17) is 18.5 Å². The number of unbranched alkanes of at least 4 members (excludes halogenated alkanes) is 12. The van der Waals surface area contributed by atoms with Gasteiger partial charge in [0.25, 0.3) is 0 Å². The topological polar surface area (TPSA) is 108 Å². The van der Waals surface area contributed by atoms with Gasteiger partial charge in [0.1, 0.15) is 19.8 Å². The fourth-order valence-corrected chi connectivity index (χ4v) is 5.38. The van der Waals surface area contributed by atoms with Gasteiger partial charge < -0.3 is 18.9 Å². The summed E-state index contributed by atoms with van der Waals surface area (Å²) >= 11 is 0. The van der Waals surface area contributed by atoms with Crippen molar-refractivity contribution in [3.05, 3.63) is 0 Å². The number of nitrogens with zero attached hydrogens (tertiary/aromatic N) is 1. The molecule has 1 N–H and O–H groups in total. The summed E-state index contributed by atoms with van der Waals surface area (Å²) in [5, 5.41) is 0. The number of carbonyl (C=O) groups excluding carboxylic acids is 2. The third-order valence-corrected chi connectivity index (χ3v) is 8.23. The Hall–Kier alpha value is -0.990. The number of rotatable bonds is 29. The maximum absolute atomic E-state index is 12.8. The highest BCUT2D eigenvalue weighted by Gasteiger charge is 2.28. The van der Waals surface area contributed by atoms with Gasteiger partial charge in [0.2, 0.25) is 0 Å². The Morgan fingerprint density at radius 2 is 1.21 bits per heavy atom. The Balaban J connectivity index is 4.51. The fraction of sp³-hybridized carbons (Fsp3) is 0.938. The highest BCUT2D eigenvalue weighted by Crippen LogP contribution is 2.43. The molecular formula is C32H65NO8P+. The van der Waals surface area contributed by atoms with Crippen LogP contribution in [0.25, 0.3) is 0 Å². The van der Waals surface area contributed by atoms with Crippen LogP contribution in [0, 0.1) is 5.92 Å². The van der Waals surface area contributed by atoms with Gasteiger partial charge >= 0.3 is 19.8 Å². The predicted molar refractivity (Wildman–Crippen MR) is 169 cm³/mol. The molecule has 10 heteroatoms. The van der Waals surface area contributed by atoms with E-state index in [0.29, 0.717) is 30.3 Å². The zero-order valence-corrected chi connectivity index (χ0v) is 28.8.